The molecule has 4 aromatic rings. The molecule has 0 saturated heterocycles. The second kappa shape index (κ2) is 8.58. The van der Waals surface area contributed by atoms with Crippen molar-refractivity contribution in [3.63, 3.8) is 0 Å². The van der Waals surface area contributed by atoms with Gasteiger partial charge >= 0.3 is 0 Å². The van der Waals surface area contributed by atoms with Crippen LogP contribution >= 0.6 is 0 Å². The lowest BCUT2D eigenvalue weighted by Gasteiger charge is -2.15. The van der Waals surface area contributed by atoms with Gasteiger partial charge in [-0.3, -0.25) is 14.1 Å². The fraction of sp³-hybridized carbons (Fsp3) is 0.182. The van der Waals surface area contributed by atoms with E-state index in [1.807, 2.05) is 0 Å². The topological polar surface area (TPSA) is 133 Å². The fourth-order valence-electron chi connectivity index (χ4n) is 3.42. The average Bonchev–Trinajstić information content (AvgIpc) is 2.74. The zero-order chi connectivity index (χ0) is 23.8. The van der Waals surface area contributed by atoms with Crippen LogP contribution in [0.3, 0.4) is 0 Å². The molecule has 4 rings (SSSR count). The number of sulfonamides is 1. The van der Waals surface area contributed by atoms with Gasteiger partial charge in [0.25, 0.3) is 5.56 Å². The summed E-state index contributed by atoms with van der Waals surface area (Å²) in [6.07, 6.45) is 1.39. The van der Waals surface area contributed by atoms with Crippen LogP contribution in [0.2, 0.25) is 0 Å². The molecule has 0 fully saturated rings. The third-order valence-corrected chi connectivity index (χ3v) is 6.12. The van der Waals surface area contributed by atoms with Crippen LogP contribution < -0.4 is 16.0 Å². The van der Waals surface area contributed by atoms with Crippen molar-refractivity contribution in [2.45, 2.75) is 25.6 Å². The number of anilines is 2. The largest absolute Gasteiger partial charge is 0.368 e. The van der Waals surface area contributed by atoms with E-state index in [1.165, 1.54) is 22.9 Å². The number of hydrogen-bond acceptors (Lipinski definition) is 7. The van der Waals surface area contributed by atoms with Crippen molar-refractivity contribution in [2.24, 2.45) is 0 Å². The van der Waals surface area contributed by atoms with Crippen LogP contribution in [-0.2, 0) is 15.8 Å². The summed E-state index contributed by atoms with van der Waals surface area (Å²) in [5.41, 5.74) is 6.29. The average molecular weight is 469 g/mol. The van der Waals surface area contributed by atoms with E-state index in [4.69, 9.17) is 5.73 Å². The number of benzene rings is 2. The molecule has 0 aliphatic carbocycles. The Labute approximate surface area is 189 Å². The van der Waals surface area contributed by atoms with Gasteiger partial charge in [0.1, 0.15) is 17.0 Å². The van der Waals surface area contributed by atoms with Crippen LogP contribution in [0.25, 0.3) is 22.4 Å². The van der Waals surface area contributed by atoms with Gasteiger partial charge in [-0.15, -0.1) is 0 Å². The molecule has 0 aliphatic heterocycles. The highest BCUT2D eigenvalue weighted by molar-refractivity contribution is 7.91. The lowest BCUT2D eigenvalue weighted by atomic mass is 10.1. The Balaban J connectivity index is 1.72. The summed E-state index contributed by atoms with van der Waals surface area (Å²) in [6.45, 7) is 3.60. The van der Waals surface area contributed by atoms with Gasteiger partial charge in [-0.25, -0.2) is 22.8 Å². The molecule has 0 atom stereocenters. The predicted octanol–water partition coefficient (Wildman–Crippen LogP) is 3.10. The number of nitrogens with zero attached hydrogens (tertiary/aromatic N) is 4. The van der Waals surface area contributed by atoms with Gasteiger partial charge < -0.3 is 5.73 Å². The Kier molecular flexibility index (Phi) is 5.81. The van der Waals surface area contributed by atoms with Crippen molar-refractivity contribution in [1.29, 1.82) is 0 Å². The number of nitrogens with one attached hydrogen (secondary N) is 1. The fourth-order valence-corrected chi connectivity index (χ4v) is 4.63. The third-order valence-electron chi connectivity index (χ3n) is 4.87. The molecule has 2 aromatic heterocycles. The predicted molar refractivity (Wildman–Crippen MR) is 124 cm³/mol. The van der Waals surface area contributed by atoms with Gasteiger partial charge in [-0.05, 0) is 31.5 Å². The number of nitrogens with two attached hydrogens (primary N) is 1. The van der Waals surface area contributed by atoms with E-state index in [0.29, 0.717) is 11.1 Å². The minimum absolute atomic E-state index is 0.00373. The van der Waals surface area contributed by atoms with Crippen molar-refractivity contribution >= 4 is 32.8 Å². The highest BCUT2D eigenvalue weighted by Crippen LogP contribution is 2.24. The molecule has 0 bridgehead atoms. The van der Waals surface area contributed by atoms with Crippen molar-refractivity contribution in [3.05, 3.63) is 76.5 Å². The SMILES string of the molecule is CC(C)n1c(=O)c(-c2ccc(NS(=O)(=O)Cc3ccccc3)c(F)c2)nc2cnc(N)nc21. The van der Waals surface area contributed by atoms with E-state index in [1.54, 1.807) is 44.2 Å². The van der Waals surface area contributed by atoms with E-state index in [0.717, 1.165) is 6.07 Å². The molecule has 0 amide bonds. The zero-order valence-electron chi connectivity index (χ0n) is 17.9. The molecular weight excluding hydrogens is 447 g/mol. The smallest absolute Gasteiger partial charge is 0.278 e. The Morgan fingerprint density at radius 1 is 1.12 bits per heavy atom. The van der Waals surface area contributed by atoms with Gasteiger partial charge in [0.05, 0.1) is 17.6 Å². The maximum atomic E-state index is 14.9. The number of hydrogen-bond donors (Lipinski definition) is 2. The quantitative estimate of drug-likeness (QED) is 0.444. The maximum absolute atomic E-state index is 14.9. The molecule has 11 heteroatoms. The molecule has 9 nitrogen and oxygen atoms in total. The number of rotatable bonds is 6. The molecule has 2 aromatic carbocycles. The van der Waals surface area contributed by atoms with Gasteiger partial charge in [-0.1, -0.05) is 36.4 Å². The van der Waals surface area contributed by atoms with Crippen molar-refractivity contribution in [2.75, 3.05) is 10.5 Å². The number of aromatic nitrogens is 4. The summed E-state index contributed by atoms with van der Waals surface area (Å²) < 4.78 is 43.4. The molecule has 33 heavy (non-hydrogen) atoms. The van der Waals surface area contributed by atoms with Crippen LogP contribution in [0, 0.1) is 5.82 Å². The normalized spacial score (nSPS) is 11.8. The first-order chi connectivity index (χ1) is 15.6. The van der Waals surface area contributed by atoms with Crippen LogP contribution in [-0.4, -0.2) is 27.9 Å². The summed E-state index contributed by atoms with van der Waals surface area (Å²) >= 11 is 0. The van der Waals surface area contributed by atoms with Gasteiger partial charge in [0.2, 0.25) is 16.0 Å². The van der Waals surface area contributed by atoms with Crippen molar-refractivity contribution in [3.8, 4) is 11.3 Å². The lowest BCUT2D eigenvalue weighted by molar-refractivity contribution is 0.593. The van der Waals surface area contributed by atoms with Gasteiger partial charge in [0.15, 0.2) is 5.65 Å². The third kappa shape index (κ3) is 4.67. The van der Waals surface area contributed by atoms with E-state index < -0.39 is 21.4 Å². The standard InChI is InChI=1S/C22H21FN6O3S/c1-13(2)29-20-18(11-25-22(24)27-20)26-19(21(29)30)15-8-9-17(16(23)10-15)28-33(31,32)12-14-6-4-3-5-7-14/h3-11,13,28H,12H2,1-2H3,(H2,24,25,27). The van der Waals surface area contributed by atoms with Crippen LogP contribution in [0.4, 0.5) is 16.0 Å². The summed E-state index contributed by atoms with van der Waals surface area (Å²) in [5, 5.41) is 0. The summed E-state index contributed by atoms with van der Waals surface area (Å²) in [4.78, 5) is 25.5. The highest BCUT2D eigenvalue weighted by Gasteiger charge is 2.19. The molecule has 170 valence electrons. The maximum Gasteiger partial charge on any atom is 0.278 e. The first-order valence-corrected chi connectivity index (χ1v) is 11.7. The van der Waals surface area contributed by atoms with Crippen LogP contribution in [0.15, 0.2) is 59.5 Å². The van der Waals surface area contributed by atoms with Crippen molar-refractivity contribution in [1.82, 2.24) is 19.5 Å². The monoisotopic (exact) mass is 468 g/mol. The molecule has 0 saturated carbocycles. The van der Waals surface area contributed by atoms with E-state index in [-0.39, 0.29) is 40.3 Å². The first kappa shape index (κ1) is 22.3. The minimum Gasteiger partial charge on any atom is -0.368 e. The van der Waals surface area contributed by atoms with Crippen molar-refractivity contribution < 1.29 is 12.8 Å². The second-order valence-electron chi connectivity index (χ2n) is 7.71. The summed E-state index contributed by atoms with van der Waals surface area (Å²) in [7, 11) is -3.85. The number of nitrogen functional groups attached to an aromatic ring is 1. The van der Waals surface area contributed by atoms with Gasteiger partial charge in [-0.2, -0.15) is 4.98 Å². The second-order valence-corrected chi connectivity index (χ2v) is 9.43. The van der Waals surface area contributed by atoms with Gasteiger partial charge in [0, 0.05) is 11.6 Å². The van der Waals surface area contributed by atoms with Crippen LogP contribution in [0.1, 0.15) is 25.5 Å². The Hall–Kier alpha value is -3.86. The zero-order valence-corrected chi connectivity index (χ0v) is 18.7. The first-order valence-electron chi connectivity index (χ1n) is 10.0. The number of fused-ring (bicyclic) bond motifs is 1. The molecular formula is C22H21FN6O3S. The van der Waals surface area contributed by atoms with E-state index >= 15 is 0 Å². The molecule has 0 radical (unpaired) electrons. The molecule has 0 unspecified atom stereocenters. The summed E-state index contributed by atoms with van der Waals surface area (Å²) in [6, 6.07) is 12.0. The van der Waals surface area contributed by atoms with E-state index in [9.17, 15) is 17.6 Å². The van der Waals surface area contributed by atoms with E-state index in [2.05, 4.69) is 19.7 Å². The summed E-state index contributed by atoms with van der Waals surface area (Å²) in [5.74, 6) is -1.14. The molecule has 3 N–H and O–H groups in total. The minimum atomic E-state index is -3.85. The Morgan fingerprint density at radius 3 is 2.52 bits per heavy atom. The Morgan fingerprint density at radius 2 is 1.85 bits per heavy atom. The molecule has 0 spiro atoms. The molecule has 0 aliphatic rings. The lowest BCUT2D eigenvalue weighted by Crippen LogP contribution is -2.26. The van der Waals surface area contributed by atoms with Crippen LogP contribution in [0.5, 0.6) is 0 Å². The Bertz CT molecular complexity index is 1500. The highest BCUT2D eigenvalue weighted by atomic mass is 32.2. The molecule has 2 heterocycles. The number of halogens is 1.